The molecule has 6 heteroatoms. The van der Waals surface area contributed by atoms with Gasteiger partial charge in [-0.1, -0.05) is 18.2 Å². The summed E-state index contributed by atoms with van der Waals surface area (Å²) in [5, 5.41) is 3.77. The highest BCUT2D eigenvalue weighted by atomic mass is 16.5. The van der Waals surface area contributed by atoms with Gasteiger partial charge >= 0.3 is 12.0 Å². The van der Waals surface area contributed by atoms with Gasteiger partial charge in [0.2, 0.25) is 0 Å². The van der Waals surface area contributed by atoms with E-state index in [1.807, 2.05) is 12.1 Å². The normalized spacial score (nSPS) is 18.8. The molecule has 2 amide bonds. The minimum Gasteiger partial charge on any atom is -0.452 e. The van der Waals surface area contributed by atoms with Crippen molar-refractivity contribution < 1.29 is 14.3 Å². The number of nitrogens with two attached hydrogens (primary N) is 1. The first-order valence-electron chi connectivity index (χ1n) is 5.46. The summed E-state index contributed by atoms with van der Waals surface area (Å²) >= 11 is 0. The number of hydrogen-bond acceptors (Lipinski definition) is 4. The van der Waals surface area contributed by atoms with Crippen molar-refractivity contribution in [3.63, 3.8) is 0 Å². The van der Waals surface area contributed by atoms with E-state index in [4.69, 9.17) is 10.5 Å². The molecule has 18 heavy (non-hydrogen) atoms. The van der Waals surface area contributed by atoms with E-state index in [0.29, 0.717) is 17.7 Å². The second kappa shape index (κ2) is 4.87. The Bertz CT molecular complexity index is 525. The Morgan fingerprint density at radius 2 is 2.22 bits per heavy atom. The minimum atomic E-state index is -0.753. The van der Waals surface area contributed by atoms with Gasteiger partial charge in [-0.25, -0.2) is 15.0 Å². The molecule has 1 aromatic rings. The number of fused-ring (bicyclic) bond motifs is 1. The van der Waals surface area contributed by atoms with Gasteiger partial charge in [-0.15, -0.1) is 0 Å². The van der Waals surface area contributed by atoms with Crippen molar-refractivity contribution in [2.45, 2.75) is 19.4 Å². The predicted molar refractivity (Wildman–Crippen MR) is 65.2 cm³/mol. The van der Waals surface area contributed by atoms with Gasteiger partial charge in [-0.2, -0.15) is 5.10 Å². The maximum absolute atomic E-state index is 11.7. The van der Waals surface area contributed by atoms with Crippen LogP contribution in [0.2, 0.25) is 0 Å². The Morgan fingerprint density at radius 1 is 1.50 bits per heavy atom. The first-order chi connectivity index (χ1) is 8.58. The molecule has 0 aliphatic carbocycles. The molecule has 94 valence electrons. The van der Waals surface area contributed by atoms with E-state index in [0.717, 1.165) is 5.56 Å². The van der Waals surface area contributed by atoms with Gasteiger partial charge < -0.3 is 10.5 Å². The van der Waals surface area contributed by atoms with Gasteiger partial charge in [0.25, 0.3) is 0 Å². The fourth-order valence-electron chi connectivity index (χ4n) is 1.78. The van der Waals surface area contributed by atoms with Crippen LogP contribution in [-0.4, -0.2) is 23.8 Å². The molecule has 1 aliphatic heterocycles. The van der Waals surface area contributed by atoms with E-state index in [-0.39, 0.29) is 5.97 Å². The second-order valence-corrected chi connectivity index (χ2v) is 3.98. The second-order valence-electron chi connectivity index (χ2n) is 3.98. The van der Waals surface area contributed by atoms with E-state index in [2.05, 4.69) is 10.5 Å². The number of hydrazone groups is 1. The maximum Gasteiger partial charge on any atom is 0.339 e. The van der Waals surface area contributed by atoms with E-state index >= 15 is 0 Å². The van der Waals surface area contributed by atoms with Crippen LogP contribution in [0.15, 0.2) is 29.4 Å². The maximum atomic E-state index is 11.7. The van der Waals surface area contributed by atoms with E-state index in [9.17, 15) is 9.59 Å². The van der Waals surface area contributed by atoms with Crippen molar-refractivity contribution in [2.75, 3.05) is 0 Å². The number of nitrogens with zero attached hydrogens (tertiary/aromatic N) is 1. The van der Waals surface area contributed by atoms with Crippen LogP contribution in [0.1, 0.15) is 22.8 Å². The molecule has 1 heterocycles. The lowest BCUT2D eigenvalue weighted by Gasteiger charge is -2.24. The number of nitrogens with one attached hydrogen (secondary N) is 1. The summed E-state index contributed by atoms with van der Waals surface area (Å²) in [5.41, 5.74) is 9.01. The number of primary amides is 1. The molecule has 0 fully saturated rings. The monoisotopic (exact) mass is 247 g/mol. The molecular weight excluding hydrogens is 234 g/mol. The van der Waals surface area contributed by atoms with Crippen molar-refractivity contribution in [3.8, 4) is 0 Å². The minimum absolute atomic E-state index is 0.379. The average molecular weight is 247 g/mol. The van der Waals surface area contributed by atoms with Crippen LogP contribution in [-0.2, 0) is 11.2 Å². The van der Waals surface area contributed by atoms with Crippen LogP contribution in [0.3, 0.4) is 0 Å². The summed E-state index contributed by atoms with van der Waals surface area (Å²) in [5.74, 6) is -0.379. The zero-order valence-corrected chi connectivity index (χ0v) is 9.84. The third-order valence-electron chi connectivity index (χ3n) is 2.70. The summed E-state index contributed by atoms with van der Waals surface area (Å²) in [6, 6.07) is 6.50. The molecule has 2 rings (SSSR count). The van der Waals surface area contributed by atoms with E-state index in [1.165, 1.54) is 0 Å². The van der Waals surface area contributed by atoms with Crippen molar-refractivity contribution in [2.24, 2.45) is 10.8 Å². The average Bonchev–Trinajstić information content (AvgIpc) is 2.36. The van der Waals surface area contributed by atoms with Gasteiger partial charge in [0, 0.05) is 6.42 Å². The van der Waals surface area contributed by atoms with E-state index in [1.54, 1.807) is 19.1 Å². The summed E-state index contributed by atoms with van der Waals surface area (Å²) in [7, 11) is 0. The number of esters is 1. The van der Waals surface area contributed by atoms with Gasteiger partial charge in [-0.3, -0.25) is 0 Å². The third-order valence-corrected chi connectivity index (χ3v) is 2.70. The molecule has 0 spiro atoms. The Morgan fingerprint density at radius 3 is 2.94 bits per heavy atom. The standard InChI is InChI=1S/C12H13N3O3/c1-7(14-15-12(13)17)10-6-8-4-2-3-5-9(8)11(16)18-10/h2-5,10H,6H2,1H3,(H3,13,15,17)/b14-7+. The van der Waals surface area contributed by atoms with Gasteiger partial charge in [-0.05, 0) is 18.6 Å². The number of carbonyl (C=O) groups excluding carboxylic acids is 2. The molecule has 0 saturated heterocycles. The lowest BCUT2D eigenvalue weighted by Crippen LogP contribution is -2.35. The highest BCUT2D eigenvalue weighted by molar-refractivity contribution is 5.97. The van der Waals surface area contributed by atoms with Crippen LogP contribution < -0.4 is 11.2 Å². The summed E-state index contributed by atoms with van der Waals surface area (Å²) in [4.78, 5) is 22.3. The van der Waals surface area contributed by atoms with Crippen LogP contribution in [0, 0.1) is 0 Å². The van der Waals surface area contributed by atoms with Crippen LogP contribution in [0.4, 0.5) is 4.79 Å². The first kappa shape index (κ1) is 12.1. The number of carbonyl (C=O) groups is 2. The topological polar surface area (TPSA) is 93.8 Å². The molecule has 3 N–H and O–H groups in total. The van der Waals surface area contributed by atoms with Crippen molar-refractivity contribution in [1.82, 2.24) is 5.43 Å². The summed E-state index contributed by atoms with van der Waals surface area (Å²) in [6.07, 6.45) is 0.0665. The first-order valence-corrected chi connectivity index (χ1v) is 5.46. The molecule has 1 unspecified atom stereocenters. The van der Waals surface area contributed by atoms with Crippen LogP contribution >= 0.6 is 0 Å². The zero-order valence-electron chi connectivity index (χ0n) is 9.84. The largest absolute Gasteiger partial charge is 0.452 e. The lowest BCUT2D eigenvalue weighted by molar-refractivity contribution is 0.0389. The molecule has 1 aromatic carbocycles. The molecule has 1 aliphatic rings. The number of hydrogen-bond donors (Lipinski definition) is 2. The Balaban J connectivity index is 2.18. The fourth-order valence-corrected chi connectivity index (χ4v) is 1.78. The van der Waals surface area contributed by atoms with Gasteiger partial charge in [0.15, 0.2) is 0 Å². The molecular formula is C12H13N3O3. The molecule has 0 aromatic heterocycles. The van der Waals surface area contributed by atoms with Crippen molar-refractivity contribution in [1.29, 1.82) is 0 Å². The van der Waals surface area contributed by atoms with Gasteiger partial charge in [0.05, 0.1) is 11.3 Å². The van der Waals surface area contributed by atoms with Crippen LogP contribution in [0.25, 0.3) is 0 Å². The number of ether oxygens (including phenoxy) is 1. The van der Waals surface area contributed by atoms with Gasteiger partial charge in [0.1, 0.15) is 6.10 Å². The van der Waals surface area contributed by atoms with Crippen molar-refractivity contribution >= 4 is 17.7 Å². The molecule has 6 nitrogen and oxygen atoms in total. The highest BCUT2D eigenvalue weighted by Crippen LogP contribution is 2.21. The van der Waals surface area contributed by atoms with E-state index < -0.39 is 12.1 Å². The summed E-state index contributed by atoms with van der Waals surface area (Å²) < 4.78 is 5.25. The quantitative estimate of drug-likeness (QED) is 0.460. The predicted octanol–water partition coefficient (Wildman–Crippen LogP) is 0.812. The fraction of sp³-hybridized carbons (Fsp3) is 0.250. The summed E-state index contributed by atoms with van der Waals surface area (Å²) in [6.45, 7) is 1.67. The molecule has 0 saturated carbocycles. The number of amides is 2. The van der Waals surface area contributed by atoms with Crippen LogP contribution in [0.5, 0.6) is 0 Å². The number of cyclic esters (lactones) is 1. The Kier molecular flexibility index (Phi) is 3.27. The Labute approximate surface area is 104 Å². The van der Waals surface area contributed by atoms with Crippen molar-refractivity contribution in [3.05, 3.63) is 35.4 Å². The SMILES string of the molecule is C/C(=N\NC(N)=O)C1Cc2ccccc2C(=O)O1. The number of benzene rings is 1. The smallest absolute Gasteiger partial charge is 0.339 e. The molecule has 0 bridgehead atoms. The molecule has 1 atom stereocenters. The Hall–Kier alpha value is -2.37. The molecule has 0 radical (unpaired) electrons. The third kappa shape index (κ3) is 2.48. The zero-order chi connectivity index (χ0) is 13.1. The number of urea groups is 1. The highest BCUT2D eigenvalue weighted by Gasteiger charge is 2.27. The lowest BCUT2D eigenvalue weighted by atomic mass is 9.97. The number of rotatable bonds is 2.